The summed E-state index contributed by atoms with van der Waals surface area (Å²) in [6, 6.07) is 7.95. The fourth-order valence-electron chi connectivity index (χ4n) is 2.07. The smallest absolute Gasteiger partial charge is 0.339 e. The van der Waals surface area contributed by atoms with Crippen LogP contribution < -0.4 is 4.90 Å². The highest BCUT2D eigenvalue weighted by Crippen LogP contribution is 2.30. The standard InChI is InChI=1S/C15H15FN2O2/c1-3-18(13-7-5-4-6-12(13)16)14-8-10(2)17-9-11(14)15(19)20/h4-9H,3H2,1-2H3,(H,19,20). The molecule has 1 N–H and O–H groups in total. The predicted octanol–water partition coefficient (Wildman–Crippen LogP) is 3.39. The molecular weight excluding hydrogens is 259 g/mol. The van der Waals surface area contributed by atoms with Crippen molar-refractivity contribution >= 4 is 17.3 Å². The SMILES string of the molecule is CCN(c1ccccc1F)c1cc(C)ncc1C(=O)O. The van der Waals surface area contributed by atoms with Gasteiger partial charge in [0.1, 0.15) is 11.4 Å². The van der Waals surface area contributed by atoms with Crippen LogP contribution in [-0.2, 0) is 0 Å². The van der Waals surface area contributed by atoms with Crippen LogP contribution in [0.1, 0.15) is 23.0 Å². The number of aromatic carboxylic acids is 1. The van der Waals surface area contributed by atoms with E-state index in [4.69, 9.17) is 0 Å². The lowest BCUT2D eigenvalue weighted by Crippen LogP contribution is -2.20. The minimum atomic E-state index is -1.08. The number of rotatable bonds is 4. The Hall–Kier alpha value is -2.43. The average Bonchev–Trinajstić information content (AvgIpc) is 2.41. The van der Waals surface area contributed by atoms with E-state index in [-0.39, 0.29) is 11.4 Å². The molecule has 20 heavy (non-hydrogen) atoms. The number of anilines is 2. The molecule has 0 unspecified atom stereocenters. The van der Waals surface area contributed by atoms with Crippen LogP contribution in [0.2, 0.25) is 0 Å². The van der Waals surface area contributed by atoms with Gasteiger partial charge in [-0.2, -0.15) is 0 Å². The number of halogens is 1. The summed E-state index contributed by atoms with van der Waals surface area (Å²) in [6.07, 6.45) is 1.30. The first-order valence-corrected chi connectivity index (χ1v) is 6.26. The zero-order valence-electron chi connectivity index (χ0n) is 11.3. The molecule has 0 radical (unpaired) electrons. The number of aromatic nitrogens is 1. The summed E-state index contributed by atoms with van der Waals surface area (Å²) in [6.45, 7) is 4.06. The molecule has 0 saturated carbocycles. The van der Waals surface area contributed by atoms with Gasteiger partial charge in [0.2, 0.25) is 0 Å². The maximum absolute atomic E-state index is 13.9. The van der Waals surface area contributed by atoms with Gasteiger partial charge in [-0.3, -0.25) is 4.98 Å². The lowest BCUT2D eigenvalue weighted by molar-refractivity contribution is 0.0697. The van der Waals surface area contributed by atoms with Crippen molar-refractivity contribution in [1.29, 1.82) is 0 Å². The number of pyridine rings is 1. The Morgan fingerprint density at radius 1 is 1.35 bits per heavy atom. The van der Waals surface area contributed by atoms with Crippen LogP contribution in [0.4, 0.5) is 15.8 Å². The molecule has 0 amide bonds. The molecule has 0 bridgehead atoms. The highest BCUT2D eigenvalue weighted by Gasteiger charge is 2.19. The molecule has 2 rings (SSSR count). The Balaban J connectivity index is 2.60. The number of para-hydroxylation sites is 1. The van der Waals surface area contributed by atoms with Crippen LogP contribution in [-0.4, -0.2) is 22.6 Å². The van der Waals surface area contributed by atoms with Crippen molar-refractivity contribution in [1.82, 2.24) is 4.98 Å². The van der Waals surface area contributed by atoms with E-state index in [1.165, 1.54) is 12.3 Å². The van der Waals surface area contributed by atoms with E-state index in [1.54, 1.807) is 36.1 Å². The normalized spacial score (nSPS) is 10.3. The Labute approximate surface area is 116 Å². The number of nitrogens with zero attached hydrogens (tertiary/aromatic N) is 2. The Bertz CT molecular complexity index is 644. The van der Waals surface area contributed by atoms with E-state index in [2.05, 4.69) is 4.98 Å². The minimum Gasteiger partial charge on any atom is -0.478 e. The van der Waals surface area contributed by atoms with Crippen molar-refractivity contribution in [2.45, 2.75) is 13.8 Å². The summed E-state index contributed by atoms with van der Waals surface area (Å²) in [4.78, 5) is 16.9. The van der Waals surface area contributed by atoms with Gasteiger partial charge in [0.15, 0.2) is 0 Å². The molecule has 104 valence electrons. The maximum Gasteiger partial charge on any atom is 0.339 e. The molecule has 0 aliphatic rings. The third-order valence-electron chi connectivity index (χ3n) is 3.00. The van der Waals surface area contributed by atoms with E-state index in [1.807, 2.05) is 6.92 Å². The maximum atomic E-state index is 13.9. The van der Waals surface area contributed by atoms with Gasteiger partial charge in [-0.1, -0.05) is 12.1 Å². The summed E-state index contributed by atoms with van der Waals surface area (Å²) in [5, 5.41) is 9.26. The van der Waals surface area contributed by atoms with Gasteiger partial charge in [0.05, 0.1) is 11.4 Å². The predicted molar refractivity (Wildman–Crippen MR) is 75.0 cm³/mol. The van der Waals surface area contributed by atoms with Gasteiger partial charge in [0.25, 0.3) is 0 Å². The number of benzene rings is 1. The highest BCUT2D eigenvalue weighted by atomic mass is 19.1. The minimum absolute atomic E-state index is 0.0562. The van der Waals surface area contributed by atoms with E-state index in [9.17, 15) is 14.3 Å². The number of carboxylic acids is 1. The number of carboxylic acid groups (broad SMARTS) is 1. The summed E-state index contributed by atoms with van der Waals surface area (Å²) in [5.74, 6) is -1.47. The number of aryl methyl sites for hydroxylation is 1. The largest absolute Gasteiger partial charge is 0.478 e. The van der Waals surface area contributed by atoms with Crippen LogP contribution in [0.25, 0.3) is 0 Å². The Morgan fingerprint density at radius 2 is 2.05 bits per heavy atom. The molecule has 4 nitrogen and oxygen atoms in total. The van der Waals surface area contributed by atoms with Crippen molar-refractivity contribution in [2.75, 3.05) is 11.4 Å². The zero-order chi connectivity index (χ0) is 14.7. The summed E-state index contributed by atoms with van der Waals surface area (Å²) < 4.78 is 13.9. The summed E-state index contributed by atoms with van der Waals surface area (Å²) in [7, 11) is 0. The Morgan fingerprint density at radius 3 is 2.65 bits per heavy atom. The molecule has 0 saturated heterocycles. The van der Waals surface area contributed by atoms with Gasteiger partial charge in [-0.25, -0.2) is 9.18 Å². The topological polar surface area (TPSA) is 53.4 Å². The number of carbonyl (C=O) groups is 1. The average molecular weight is 274 g/mol. The van der Waals surface area contributed by atoms with Crippen LogP contribution in [0.5, 0.6) is 0 Å². The molecule has 1 heterocycles. The quantitative estimate of drug-likeness (QED) is 0.928. The molecule has 1 aromatic carbocycles. The molecular formula is C15H15FN2O2. The van der Waals surface area contributed by atoms with Crippen LogP contribution in [0, 0.1) is 12.7 Å². The molecule has 0 spiro atoms. The lowest BCUT2D eigenvalue weighted by Gasteiger charge is -2.25. The molecule has 1 aromatic heterocycles. The molecule has 2 aromatic rings. The highest BCUT2D eigenvalue weighted by molar-refractivity contribution is 5.95. The van der Waals surface area contributed by atoms with Crippen molar-refractivity contribution in [2.24, 2.45) is 0 Å². The molecule has 5 heteroatoms. The second-order valence-corrected chi connectivity index (χ2v) is 4.34. The zero-order valence-corrected chi connectivity index (χ0v) is 11.3. The monoisotopic (exact) mass is 274 g/mol. The van der Waals surface area contributed by atoms with Crippen LogP contribution >= 0.6 is 0 Å². The van der Waals surface area contributed by atoms with Gasteiger partial charge in [-0.15, -0.1) is 0 Å². The van der Waals surface area contributed by atoms with E-state index < -0.39 is 5.97 Å². The van der Waals surface area contributed by atoms with Gasteiger partial charge < -0.3 is 10.0 Å². The Kier molecular flexibility index (Phi) is 3.98. The van der Waals surface area contributed by atoms with Crippen LogP contribution in [0.15, 0.2) is 36.5 Å². The molecule has 0 atom stereocenters. The first kappa shape index (κ1) is 14.0. The van der Waals surface area contributed by atoms with Gasteiger partial charge >= 0.3 is 5.97 Å². The number of hydrogen-bond acceptors (Lipinski definition) is 3. The fourth-order valence-corrected chi connectivity index (χ4v) is 2.07. The van der Waals surface area contributed by atoms with Gasteiger partial charge in [0, 0.05) is 18.4 Å². The first-order chi connectivity index (χ1) is 9.54. The first-order valence-electron chi connectivity index (χ1n) is 6.26. The third-order valence-corrected chi connectivity index (χ3v) is 3.00. The van der Waals surface area contributed by atoms with Crippen LogP contribution in [0.3, 0.4) is 0 Å². The van der Waals surface area contributed by atoms with E-state index >= 15 is 0 Å². The van der Waals surface area contributed by atoms with Crippen molar-refractivity contribution in [3.05, 3.63) is 53.6 Å². The van der Waals surface area contributed by atoms with E-state index in [0.717, 1.165) is 0 Å². The molecule has 0 aliphatic carbocycles. The van der Waals surface area contributed by atoms with Crippen molar-refractivity contribution in [3.8, 4) is 0 Å². The molecule has 0 fully saturated rings. The second-order valence-electron chi connectivity index (χ2n) is 4.34. The van der Waals surface area contributed by atoms with Gasteiger partial charge in [-0.05, 0) is 32.0 Å². The third kappa shape index (κ3) is 2.61. The lowest BCUT2D eigenvalue weighted by atomic mass is 10.1. The number of hydrogen-bond donors (Lipinski definition) is 1. The summed E-state index contributed by atoms with van der Waals surface area (Å²) in [5.41, 5.74) is 1.53. The second kappa shape index (κ2) is 5.69. The summed E-state index contributed by atoms with van der Waals surface area (Å²) >= 11 is 0. The van der Waals surface area contributed by atoms with Crippen molar-refractivity contribution in [3.63, 3.8) is 0 Å². The molecule has 0 aliphatic heterocycles. The van der Waals surface area contributed by atoms with Crippen molar-refractivity contribution < 1.29 is 14.3 Å². The van der Waals surface area contributed by atoms with E-state index in [0.29, 0.717) is 23.6 Å². The fraction of sp³-hybridized carbons (Fsp3) is 0.200.